The van der Waals surface area contributed by atoms with Crippen LogP contribution in [0.4, 0.5) is 0 Å². The van der Waals surface area contributed by atoms with Gasteiger partial charge >= 0.3 is 5.97 Å². The molecule has 1 amide bonds. The van der Waals surface area contributed by atoms with Gasteiger partial charge in [-0.15, -0.1) is 0 Å². The van der Waals surface area contributed by atoms with Gasteiger partial charge in [0.25, 0.3) is 0 Å². The third-order valence-corrected chi connectivity index (χ3v) is 3.05. The molecule has 3 N–H and O–H groups in total. The zero-order chi connectivity index (χ0) is 11.5. The molecule has 0 aromatic heterocycles. The highest BCUT2D eigenvalue weighted by atomic mass is 32.2. The van der Waals surface area contributed by atoms with Gasteiger partial charge in [-0.3, -0.25) is 9.59 Å². The number of primary amides is 1. The number of carbonyl (C=O) groups excluding carboxylic acids is 1. The zero-order valence-electron chi connectivity index (χ0n) is 8.91. The average molecular weight is 233 g/mol. The molecule has 0 aliphatic rings. The van der Waals surface area contributed by atoms with E-state index in [2.05, 4.69) is 0 Å². The molecular formula is C10H19NO3S. The molecule has 0 spiro atoms. The first-order chi connectivity index (χ1) is 7.13. The zero-order valence-corrected chi connectivity index (χ0v) is 9.72. The first kappa shape index (κ1) is 14.3. The Kier molecular flexibility index (Phi) is 9.36. The maximum Gasteiger partial charge on any atom is 0.303 e. The summed E-state index contributed by atoms with van der Waals surface area (Å²) in [4.78, 5) is 20.6. The molecule has 88 valence electrons. The van der Waals surface area contributed by atoms with Crippen molar-refractivity contribution >= 4 is 23.6 Å². The largest absolute Gasteiger partial charge is 0.481 e. The molecular weight excluding hydrogens is 214 g/mol. The number of hydrogen-bond donors (Lipinski definition) is 2. The molecule has 0 saturated heterocycles. The number of carboxylic acid groups (broad SMARTS) is 1. The lowest BCUT2D eigenvalue weighted by Gasteiger charge is -2.00. The van der Waals surface area contributed by atoms with Gasteiger partial charge < -0.3 is 10.8 Å². The molecule has 15 heavy (non-hydrogen) atoms. The van der Waals surface area contributed by atoms with E-state index >= 15 is 0 Å². The molecule has 0 saturated carbocycles. The molecule has 0 atom stereocenters. The maximum absolute atomic E-state index is 10.4. The number of aliphatic carboxylic acids is 1. The second-order valence-electron chi connectivity index (χ2n) is 3.39. The molecule has 0 rings (SSSR count). The number of unbranched alkanes of at least 4 members (excludes halogenated alkanes) is 2. The van der Waals surface area contributed by atoms with Gasteiger partial charge in [-0.05, 0) is 30.8 Å². The van der Waals surface area contributed by atoms with E-state index in [-0.39, 0.29) is 12.3 Å². The van der Waals surface area contributed by atoms with Crippen molar-refractivity contribution in [2.75, 3.05) is 11.5 Å². The number of amides is 1. The van der Waals surface area contributed by atoms with E-state index in [0.29, 0.717) is 6.42 Å². The molecule has 0 aliphatic carbocycles. The van der Waals surface area contributed by atoms with Crippen molar-refractivity contribution in [3.8, 4) is 0 Å². The fraction of sp³-hybridized carbons (Fsp3) is 0.800. The Balaban J connectivity index is 2.99. The lowest BCUT2D eigenvalue weighted by molar-refractivity contribution is -0.137. The molecule has 0 heterocycles. The van der Waals surface area contributed by atoms with Crippen molar-refractivity contribution in [2.24, 2.45) is 5.73 Å². The topological polar surface area (TPSA) is 80.4 Å². The van der Waals surface area contributed by atoms with Crippen molar-refractivity contribution in [3.05, 3.63) is 0 Å². The van der Waals surface area contributed by atoms with Crippen LogP contribution in [0.1, 0.15) is 38.5 Å². The van der Waals surface area contributed by atoms with Crippen molar-refractivity contribution in [1.82, 2.24) is 0 Å². The van der Waals surface area contributed by atoms with Gasteiger partial charge in [-0.2, -0.15) is 11.8 Å². The van der Waals surface area contributed by atoms with Gasteiger partial charge in [0.2, 0.25) is 5.91 Å². The Hall–Kier alpha value is -0.710. The molecule has 0 aromatic carbocycles. The van der Waals surface area contributed by atoms with E-state index in [9.17, 15) is 9.59 Å². The number of thioether (sulfide) groups is 1. The van der Waals surface area contributed by atoms with Crippen LogP contribution < -0.4 is 5.73 Å². The Morgan fingerprint density at radius 1 is 1.00 bits per heavy atom. The fourth-order valence-electron chi connectivity index (χ4n) is 1.11. The number of nitrogens with two attached hydrogens (primary N) is 1. The van der Waals surface area contributed by atoms with Gasteiger partial charge in [0.1, 0.15) is 0 Å². The van der Waals surface area contributed by atoms with Gasteiger partial charge in [-0.25, -0.2) is 0 Å². The van der Waals surface area contributed by atoms with Crippen molar-refractivity contribution in [1.29, 1.82) is 0 Å². The summed E-state index contributed by atoms with van der Waals surface area (Å²) in [6, 6.07) is 0. The first-order valence-corrected chi connectivity index (χ1v) is 6.36. The van der Waals surface area contributed by atoms with Crippen LogP contribution in [0.15, 0.2) is 0 Å². The van der Waals surface area contributed by atoms with Crippen LogP contribution in [-0.2, 0) is 9.59 Å². The predicted molar refractivity (Wildman–Crippen MR) is 61.9 cm³/mol. The first-order valence-electron chi connectivity index (χ1n) is 5.20. The standard InChI is InChI=1S/C10H19NO3S/c11-9(12)5-4-8-15-7-3-1-2-6-10(13)14/h1-8H2,(H2,11,12)(H,13,14). The van der Waals surface area contributed by atoms with Crippen LogP contribution >= 0.6 is 11.8 Å². The number of carbonyl (C=O) groups is 2. The smallest absolute Gasteiger partial charge is 0.303 e. The van der Waals surface area contributed by atoms with Crippen molar-refractivity contribution < 1.29 is 14.7 Å². The fourth-order valence-corrected chi connectivity index (χ4v) is 2.07. The van der Waals surface area contributed by atoms with Crippen LogP contribution in [0.3, 0.4) is 0 Å². The highest BCUT2D eigenvalue weighted by Gasteiger charge is 1.97. The van der Waals surface area contributed by atoms with Crippen LogP contribution in [-0.4, -0.2) is 28.5 Å². The third kappa shape index (κ3) is 13.3. The minimum absolute atomic E-state index is 0.239. The van der Waals surface area contributed by atoms with Crippen LogP contribution in [0.5, 0.6) is 0 Å². The number of hydrogen-bond acceptors (Lipinski definition) is 3. The van der Waals surface area contributed by atoms with E-state index in [4.69, 9.17) is 10.8 Å². The summed E-state index contributed by atoms with van der Waals surface area (Å²) in [5.74, 6) is 1.04. The normalized spacial score (nSPS) is 10.1. The summed E-state index contributed by atoms with van der Waals surface area (Å²) in [5, 5.41) is 8.39. The number of carboxylic acids is 1. The van der Waals surface area contributed by atoms with Crippen molar-refractivity contribution in [3.63, 3.8) is 0 Å². The Morgan fingerprint density at radius 2 is 1.67 bits per heavy atom. The lowest BCUT2D eigenvalue weighted by atomic mass is 10.2. The van der Waals surface area contributed by atoms with Crippen LogP contribution in [0, 0.1) is 0 Å². The summed E-state index contributed by atoms with van der Waals surface area (Å²) >= 11 is 1.80. The van der Waals surface area contributed by atoms with Gasteiger partial charge in [0.05, 0.1) is 0 Å². The quantitative estimate of drug-likeness (QED) is 0.562. The van der Waals surface area contributed by atoms with E-state index in [0.717, 1.165) is 37.2 Å². The molecule has 0 radical (unpaired) electrons. The van der Waals surface area contributed by atoms with Crippen molar-refractivity contribution in [2.45, 2.75) is 38.5 Å². The highest BCUT2D eigenvalue weighted by molar-refractivity contribution is 7.99. The lowest BCUT2D eigenvalue weighted by Crippen LogP contribution is -2.10. The second kappa shape index (κ2) is 9.83. The Labute approximate surface area is 94.6 Å². The summed E-state index contributed by atoms with van der Waals surface area (Å²) in [6.45, 7) is 0. The molecule has 0 unspecified atom stereocenters. The molecule has 0 aromatic rings. The predicted octanol–water partition coefficient (Wildman–Crippen LogP) is 1.63. The van der Waals surface area contributed by atoms with Gasteiger partial charge in [0.15, 0.2) is 0 Å². The average Bonchev–Trinajstić information content (AvgIpc) is 2.14. The number of rotatable bonds is 10. The Morgan fingerprint density at radius 3 is 2.27 bits per heavy atom. The summed E-state index contributed by atoms with van der Waals surface area (Å²) in [6.07, 6.45) is 4.36. The molecule has 4 nitrogen and oxygen atoms in total. The third-order valence-electron chi connectivity index (χ3n) is 1.89. The minimum Gasteiger partial charge on any atom is -0.481 e. The highest BCUT2D eigenvalue weighted by Crippen LogP contribution is 2.09. The molecule has 0 bridgehead atoms. The van der Waals surface area contributed by atoms with Crippen LogP contribution in [0.25, 0.3) is 0 Å². The minimum atomic E-state index is -0.718. The van der Waals surface area contributed by atoms with E-state index in [1.807, 2.05) is 0 Å². The second-order valence-corrected chi connectivity index (χ2v) is 4.61. The summed E-state index contributed by atoms with van der Waals surface area (Å²) in [7, 11) is 0. The molecule has 0 fully saturated rings. The summed E-state index contributed by atoms with van der Waals surface area (Å²) in [5.41, 5.74) is 5.00. The van der Waals surface area contributed by atoms with Gasteiger partial charge in [0, 0.05) is 12.8 Å². The van der Waals surface area contributed by atoms with Crippen LogP contribution in [0.2, 0.25) is 0 Å². The van der Waals surface area contributed by atoms with Gasteiger partial charge in [-0.1, -0.05) is 6.42 Å². The summed E-state index contributed by atoms with van der Waals surface area (Å²) < 4.78 is 0. The molecule has 5 heteroatoms. The Bertz CT molecular complexity index is 177. The van der Waals surface area contributed by atoms with E-state index in [1.165, 1.54) is 0 Å². The SMILES string of the molecule is NC(=O)CCCSCCCCCC(=O)O. The monoisotopic (exact) mass is 233 g/mol. The maximum atomic E-state index is 10.4. The van der Waals surface area contributed by atoms with E-state index in [1.54, 1.807) is 11.8 Å². The molecule has 0 aliphatic heterocycles. The van der Waals surface area contributed by atoms with E-state index < -0.39 is 5.97 Å².